The van der Waals surface area contributed by atoms with Crippen molar-refractivity contribution in [3.63, 3.8) is 0 Å². The number of unbranched alkanes of at least 4 members (excludes halogenated alkanes) is 10. The van der Waals surface area contributed by atoms with E-state index in [1.54, 1.807) is 8.87 Å². The Morgan fingerprint density at radius 1 is 0.444 bits per heavy atom. The molecule has 0 aliphatic rings. The quantitative estimate of drug-likeness (QED) is 0.133. The molecule has 0 fully saturated rings. The van der Waals surface area contributed by atoms with Gasteiger partial charge in [0.2, 0.25) is 0 Å². The fourth-order valence-electron chi connectivity index (χ4n) is 5.49. The van der Waals surface area contributed by atoms with Crippen LogP contribution in [-0.4, -0.2) is 18.4 Å². The molecule has 0 aromatic heterocycles. The minimum absolute atomic E-state index is 0.640. The van der Waals surface area contributed by atoms with Crippen LogP contribution >= 0.6 is 0 Å². The second-order valence-electron chi connectivity index (χ2n) is 10.6. The van der Waals surface area contributed by atoms with Crippen molar-refractivity contribution in [3.05, 3.63) is 0 Å². The van der Waals surface area contributed by atoms with E-state index in [4.69, 9.17) is 0 Å². The molecule has 0 radical (unpaired) electrons. The third kappa shape index (κ3) is 9.00. The fraction of sp³-hybridized carbons (Fsp3) is 1.00. The number of hydrogen-bond acceptors (Lipinski definition) is 0. The SMILES string of the molecule is CCCCCCC[CH2][Sn]([CH2]CCCCCCC)([C](C)(C)CC)[C](C)(C)CC. The van der Waals surface area contributed by atoms with Crippen molar-refractivity contribution in [1.82, 2.24) is 0 Å². The van der Waals surface area contributed by atoms with Gasteiger partial charge in [0.25, 0.3) is 0 Å². The summed E-state index contributed by atoms with van der Waals surface area (Å²) in [5.41, 5.74) is 0. The van der Waals surface area contributed by atoms with Crippen LogP contribution in [0, 0.1) is 0 Å². The van der Waals surface area contributed by atoms with Crippen LogP contribution < -0.4 is 0 Å². The molecule has 0 saturated carbocycles. The second-order valence-corrected chi connectivity index (χ2v) is 27.3. The number of rotatable bonds is 18. The standard InChI is InChI=1S/2C8H17.2C5H11.Sn/c2*1-3-5-7-8-6-4-2;2*1-4-5(2)3;/h2*1,3-8H2,2H3;2*4H2,1-3H3;. The summed E-state index contributed by atoms with van der Waals surface area (Å²) in [6.07, 6.45) is 20.3. The molecule has 0 aliphatic heterocycles. The van der Waals surface area contributed by atoms with Gasteiger partial charge >= 0.3 is 179 Å². The van der Waals surface area contributed by atoms with Crippen molar-refractivity contribution in [1.29, 1.82) is 0 Å². The zero-order chi connectivity index (χ0) is 20.8. The van der Waals surface area contributed by atoms with Crippen molar-refractivity contribution in [2.75, 3.05) is 0 Å². The molecular weight excluding hydrogens is 431 g/mol. The van der Waals surface area contributed by atoms with E-state index in [1.807, 2.05) is 0 Å². The zero-order valence-electron chi connectivity index (χ0n) is 20.8. The van der Waals surface area contributed by atoms with Crippen LogP contribution in [0.1, 0.15) is 145 Å². The van der Waals surface area contributed by atoms with E-state index < -0.39 is 18.4 Å². The van der Waals surface area contributed by atoms with Gasteiger partial charge in [0.1, 0.15) is 0 Å². The molecule has 0 rings (SSSR count). The molecule has 0 bridgehead atoms. The predicted octanol–water partition coefficient (Wildman–Crippen LogP) is 10.5. The molecule has 164 valence electrons. The average molecular weight is 487 g/mol. The van der Waals surface area contributed by atoms with E-state index in [-0.39, 0.29) is 0 Å². The Morgan fingerprint density at radius 3 is 1.04 bits per heavy atom. The van der Waals surface area contributed by atoms with Gasteiger partial charge in [-0.2, -0.15) is 0 Å². The summed E-state index contributed by atoms with van der Waals surface area (Å²) in [4.78, 5) is 0. The molecule has 0 atom stereocenters. The molecule has 0 N–H and O–H groups in total. The van der Waals surface area contributed by atoms with E-state index in [2.05, 4.69) is 55.4 Å². The Labute approximate surface area is 178 Å². The summed E-state index contributed by atoms with van der Waals surface area (Å²) in [5, 5.41) is 0. The molecule has 0 unspecified atom stereocenters. The third-order valence-electron chi connectivity index (χ3n) is 8.27. The van der Waals surface area contributed by atoms with E-state index >= 15 is 0 Å². The Hall–Kier alpha value is 0.799. The zero-order valence-corrected chi connectivity index (χ0v) is 23.7. The predicted molar refractivity (Wildman–Crippen MR) is 131 cm³/mol. The molecule has 0 saturated heterocycles. The van der Waals surface area contributed by atoms with Crippen LogP contribution in [0.5, 0.6) is 0 Å². The van der Waals surface area contributed by atoms with E-state index in [0.29, 0.717) is 6.86 Å². The summed E-state index contributed by atoms with van der Waals surface area (Å²) in [6.45, 7) is 20.3. The van der Waals surface area contributed by atoms with Crippen molar-refractivity contribution in [2.45, 2.75) is 161 Å². The van der Waals surface area contributed by atoms with Crippen molar-refractivity contribution < 1.29 is 0 Å². The maximum atomic E-state index is 2.68. The van der Waals surface area contributed by atoms with Gasteiger partial charge in [-0.05, 0) is 0 Å². The van der Waals surface area contributed by atoms with Crippen LogP contribution in [0.2, 0.25) is 15.7 Å². The van der Waals surface area contributed by atoms with Gasteiger partial charge in [-0.15, -0.1) is 0 Å². The van der Waals surface area contributed by atoms with Crippen LogP contribution in [-0.2, 0) is 0 Å². The molecular formula is C26H56Sn. The van der Waals surface area contributed by atoms with E-state index in [0.717, 1.165) is 0 Å². The molecule has 0 aromatic carbocycles. The van der Waals surface area contributed by atoms with Gasteiger partial charge < -0.3 is 0 Å². The van der Waals surface area contributed by atoms with Crippen molar-refractivity contribution in [2.24, 2.45) is 0 Å². The van der Waals surface area contributed by atoms with Gasteiger partial charge in [0.15, 0.2) is 0 Å². The summed E-state index contributed by atoms with van der Waals surface area (Å²) in [6, 6.07) is 0. The van der Waals surface area contributed by atoms with Gasteiger partial charge in [0, 0.05) is 0 Å². The summed E-state index contributed by atoms with van der Waals surface area (Å²) in [5.74, 6) is 0. The average Bonchev–Trinajstić information content (AvgIpc) is 2.65. The Balaban J connectivity index is 5.10. The first-order valence-corrected chi connectivity index (χ1v) is 19.6. The summed E-state index contributed by atoms with van der Waals surface area (Å²) in [7, 11) is 0. The maximum absolute atomic E-state index is 2.68. The molecule has 0 amide bonds. The van der Waals surface area contributed by atoms with E-state index in [1.165, 1.54) is 89.9 Å². The van der Waals surface area contributed by atoms with Crippen LogP contribution in [0.4, 0.5) is 0 Å². The first kappa shape index (κ1) is 27.8. The van der Waals surface area contributed by atoms with Gasteiger partial charge in [-0.3, -0.25) is 0 Å². The van der Waals surface area contributed by atoms with Crippen LogP contribution in [0.25, 0.3) is 0 Å². The Bertz CT molecular complexity index is 308. The Morgan fingerprint density at radius 2 is 0.741 bits per heavy atom. The molecule has 1 heteroatoms. The topological polar surface area (TPSA) is 0 Å². The van der Waals surface area contributed by atoms with E-state index in [9.17, 15) is 0 Å². The van der Waals surface area contributed by atoms with Crippen LogP contribution in [0.3, 0.4) is 0 Å². The van der Waals surface area contributed by atoms with Gasteiger partial charge in [-0.25, -0.2) is 0 Å². The van der Waals surface area contributed by atoms with Gasteiger partial charge in [-0.1, -0.05) is 0 Å². The third-order valence-corrected chi connectivity index (χ3v) is 32.0. The summed E-state index contributed by atoms with van der Waals surface area (Å²) >= 11 is -2.35. The number of hydrogen-bond donors (Lipinski definition) is 0. The second kappa shape index (κ2) is 14.7. The first-order valence-electron chi connectivity index (χ1n) is 12.7. The van der Waals surface area contributed by atoms with Crippen LogP contribution in [0.15, 0.2) is 0 Å². The Kier molecular flexibility index (Phi) is 15.2. The molecule has 0 heterocycles. The molecule has 0 nitrogen and oxygen atoms in total. The first-order chi connectivity index (χ1) is 12.7. The molecule has 27 heavy (non-hydrogen) atoms. The normalized spacial score (nSPS) is 13.3. The minimum atomic E-state index is -2.35. The molecule has 0 aromatic rings. The molecule has 0 aliphatic carbocycles. The van der Waals surface area contributed by atoms with Crippen molar-refractivity contribution >= 4 is 18.4 Å². The van der Waals surface area contributed by atoms with Crippen molar-refractivity contribution in [3.8, 4) is 0 Å². The monoisotopic (exact) mass is 488 g/mol. The summed E-state index contributed by atoms with van der Waals surface area (Å²) < 4.78 is 4.58. The molecule has 0 spiro atoms. The van der Waals surface area contributed by atoms with Gasteiger partial charge in [0.05, 0.1) is 0 Å². The fourth-order valence-corrected chi connectivity index (χ4v) is 27.9.